The van der Waals surface area contributed by atoms with Gasteiger partial charge in [-0.15, -0.1) is 0 Å². The molecule has 0 spiro atoms. The molecule has 0 aliphatic carbocycles. The van der Waals surface area contributed by atoms with E-state index in [1.807, 2.05) is 20.8 Å². The van der Waals surface area contributed by atoms with Crippen LogP contribution in [0.1, 0.15) is 47.0 Å². The van der Waals surface area contributed by atoms with Crippen molar-refractivity contribution < 1.29 is 19.1 Å². The van der Waals surface area contributed by atoms with Gasteiger partial charge in [0.2, 0.25) is 0 Å². The van der Waals surface area contributed by atoms with E-state index in [2.05, 4.69) is 0 Å². The predicted molar refractivity (Wildman–Crippen MR) is 58.8 cm³/mol. The van der Waals surface area contributed by atoms with Crippen molar-refractivity contribution in [2.45, 2.75) is 52.6 Å². The van der Waals surface area contributed by atoms with E-state index >= 15 is 0 Å². The Morgan fingerprint density at radius 2 is 2.19 bits per heavy atom. The summed E-state index contributed by atoms with van der Waals surface area (Å²) < 4.78 is 10.3. The van der Waals surface area contributed by atoms with Gasteiger partial charge in [0.1, 0.15) is 5.60 Å². The highest BCUT2D eigenvalue weighted by molar-refractivity contribution is 5.77. The molecular formula is C12H20O4. The molecule has 0 amide bonds. The molecule has 1 unspecified atom stereocenters. The Morgan fingerprint density at radius 1 is 1.56 bits per heavy atom. The molecule has 0 aromatic rings. The Bertz CT molecular complexity index is 295. The van der Waals surface area contributed by atoms with Gasteiger partial charge in [-0.3, -0.25) is 9.59 Å². The monoisotopic (exact) mass is 228 g/mol. The molecule has 1 fully saturated rings. The first-order valence-corrected chi connectivity index (χ1v) is 5.68. The third-order valence-electron chi connectivity index (χ3n) is 3.19. The number of carbonyl (C=O) groups is 2. The Labute approximate surface area is 96.3 Å². The normalized spacial score (nSPS) is 26.1. The van der Waals surface area contributed by atoms with Crippen LogP contribution in [0.5, 0.6) is 0 Å². The van der Waals surface area contributed by atoms with E-state index in [0.717, 1.165) is 0 Å². The Kier molecular flexibility index (Phi) is 3.61. The Hall–Kier alpha value is -1.06. The molecule has 1 rings (SSSR count). The van der Waals surface area contributed by atoms with E-state index < -0.39 is 11.0 Å². The van der Waals surface area contributed by atoms with Crippen LogP contribution in [0.3, 0.4) is 0 Å². The first-order valence-electron chi connectivity index (χ1n) is 5.68. The average molecular weight is 228 g/mol. The number of esters is 2. The van der Waals surface area contributed by atoms with Crippen LogP contribution in [0.15, 0.2) is 0 Å². The van der Waals surface area contributed by atoms with E-state index in [1.54, 1.807) is 6.92 Å². The summed E-state index contributed by atoms with van der Waals surface area (Å²) >= 11 is 0. The van der Waals surface area contributed by atoms with Crippen LogP contribution in [0.2, 0.25) is 0 Å². The number of rotatable bonds is 3. The summed E-state index contributed by atoms with van der Waals surface area (Å²) in [5, 5.41) is 0. The molecule has 0 radical (unpaired) electrons. The Morgan fingerprint density at radius 3 is 2.69 bits per heavy atom. The summed E-state index contributed by atoms with van der Waals surface area (Å²) in [6, 6.07) is 0. The van der Waals surface area contributed by atoms with Crippen molar-refractivity contribution >= 4 is 11.9 Å². The van der Waals surface area contributed by atoms with Gasteiger partial charge in [0.25, 0.3) is 0 Å². The largest absolute Gasteiger partial charge is 0.465 e. The molecule has 0 aromatic heterocycles. The SMILES string of the molecule is CCC(C)(C)C(=O)OC1(C)CCOC(=O)C1. The molecule has 1 saturated heterocycles. The fourth-order valence-electron chi connectivity index (χ4n) is 1.42. The lowest BCUT2D eigenvalue weighted by Crippen LogP contribution is -2.43. The second kappa shape index (κ2) is 4.44. The minimum Gasteiger partial charge on any atom is -0.465 e. The summed E-state index contributed by atoms with van der Waals surface area (Å²) in [5.41, 5.74) is -1.19. The number of ether oxygens (including phenoxy) is 2. The van der Waals surface area contributed by atoms with E-state index in [9.17, 15) is 9.59 Å². The second-order valence-electron chi connectivity index (χ2n) is 5.22. The lowest BCUT2D eigenvalue weighted by molar-refractivity contribution is -0.182. The minimum absolute atomic E-state index is 0.151. The van der Waals surface area contributed by atoms with E-state index in [1.165, 1.54) is 0 Å². The molecular weight excluding hydrogens is 208 g/mol. The van der Waals surface area contributed by atoms with Gasteiger partial charge < -0.3 is 9.47 Å². The summed E-state index contributed by atoms with van der Waals surface area (Å²) in [4.78, 5) is 23.1. The van der Waals surface area contributed by atoms with Crippen molar-refractivity contribution in [1.29, 1.82) is 0 Å². The fourth-order valence-corrected chi connectivity index (χ4v) is 1.42. The lowest BCUT2D eigenvalue weighted by Gasteiger charge is -2.35. The number of hydrogen-bond donors (Lipinski definition) is 0. The van der Waals surface area contributed by atoms with Crippen LogP contribution in [0, 0.1) is 5.41 Å². The van der Waals surface area contributed by atoms with Crippen molar-refractivity contribution in [3.05, 3.63) is 0 Å². The van der Waals surface area contributed by atoms with Crippen molar-refractivity contribution in [1.82, 2.24) is 0 Å². The van der Waals surface area contributed by atoms with Gasteiger partial charge in [-0.05, 0) is 27.2 Å². The van der Waals surface area contributed by atoms with Crippen molar-refractivity contribution in [3.63, 3.8) is 0 Å². The highest BCUT2D eigenvalue weighted by Gasteiger charge is 2.39. The second-order valence-corrected chi connectivity index (χ2v) is 5.22. The minimum atomic E-state index is -0.696. The summed E-state index contributed by atoms with van der Waals surface area (Å²) in [5.74, 6) is -0.539. The molecule has 4 nitrogen and oxygen atoms in total. The quantitative estimate of drug-likeness (QED) is 0.694. The van der Waals surface area contributed by atoms with E-state index in [-0.39, 0.29) is 18.4 Å². The smallest absolute Gasteiger partial charge is 0.312 e. The maximum atomic E-state index is 11.9. The molecule has 0 bridgehead atoms. The van der Waals surface area contributed by atoms with Gasteiger partial charge in [-0.2, -0.15) is 0 Å². The van der Waals surface area contributed by atoms with Crippen molar-refractivity contribution in [2.75, 3.05) is 6.61 Å². The first-order chi connectivity index (χ1) is 7.29. The van der Waals surface area contributed by atoms with Crippen LogP contribution < -0.4 is 0 Å². The van der Waals surface area contributed by atoms with Crippen LogP contribution in [-0.4, -0.2) is 24.1 Å². The summed E-state index contributed by atoms with van der Waals surface area (Å²) in [6.45, 7) is 7.75. The zero-order chi connectivity index (χ0) is 12.4. The fraction of sp³-hybridized carbons (Fsp3) is 0.833. The maximum Gasteiger partial charge on any atom is 0.312 e. The van der Waals surface area contributed by atoms with Crippen molar-refractivity contribution in [2.24, 2.45) is 5.41 Å². The molecule has 1 heterocycles. The predicted octanol–water partition coefficient (Wildman–Crippen LogP) is 2.06. The number of cyclic esters (lactones) is 1. The first kappa shape index (κ1) is 13.0. The van der Waals surface area contributed by atoms with Crippen LogP contribution in [-0.2, 0) is 19.1 Å². The van der Waals surface area contributed by atoms with Crippen molar-refractivity contribution in [3.8, 4) is 0 Å². The highest BCUT2D eigenvalue weighted by Crippen LogP contribution is 2.30. The van der Waals surface area contributed by atoms with Crippen LogP contribution in [0.4, 0.5) is 0 Å². The molecule has 92 valence electrons. The molecule has 4 heteroatoms. The van der Waals surface area contributed by atoms with Gasteiger partial charge in [0, 0.05) is 6.42 Å². The molecule has 0 N–H and O–H groups in total. The molecule has 16 heavy (non-hydrogen) atoms. The average Bonchev–Trinajstić information content (AvgIpc) is 2.16. The molecule has 0 aromatic carbocycles. The van der Waals surface area contributed by atoms with Gasteiger partial charge in [-0.1, -0.05) is 6.92 Å². The standard InChI is InChI=1S/C12H20O4/c1-5-11(2,3)10(14)16-12(4)6-7-15-9(13)8-12/h5-8H2,1-4H3. The summed E-state index contributed by atoms with van der Waals surface area (Å²) in [7, 11) is 0. The zero-order valence-corrected chi connectivity index (χ0v) is 10.5. The maximum absolute atomic E-state index is 11.9. The van der Waals surface area contributed by atoms with Gasteiger partial charge in [0.05, 0.1) is 18.4 Å². The molecule has 1 atom stereocenters. The third-order valence-corrected chi connectivity index (χ3v) is 3.19. The third kappa shape index (κ3) is 2.97. The molecule has 1 aliphatic heterocycles. The topological polar surface area (TPSA) is 52.6 Å². The van der Waals surface area contributed by atoms with Crippen LogP contribution >= 0.6 is 0 Å². The van der Waals surface area contributed by atoms with Gasteiger partial charge in [0.15, 0.2) is 0 Å². The van der Waals surface area contributed by atoms with E-state index in [0.29, 0.717) is 19.4 Å². The number of carbonyl (C=O) groups excluding carboxylic acids is 2. The zero-order valence-electron chi connectivity index (χ0n) is 10.5. The van der Waals surface area contributed by atoms with Crippen LogP contribution in [0.25, 0.3) is 0 Å². The van der Waals surface area contributed by atoms with Gasteiger partial charge >= 0.3 is 11.9 Å². The molecule has 1 aliphatic rings. The number of hydrogen-bond acceptors (Lipinski definition) is 4. The molecule has 0 saturated carbocycles. The summed E-state index contributed by atoms with van der Waals surface area (Å²) in [6.07, 6.45) is 1.44. The van der Waals surface area contributed by atoms with E-state index in [4.69, 9.17) is 9.47 Å². The lowest BCUT2D eigenvalue weighted by atomic mass is 9.89. The van der Waals surface area contributed by atoms with Gasteiger partial charge in [-0.25, -0.2) is 0 Å². The highest BCUT2D eigenvalue weighted by atomic mass is 16.6. The Balaban J connectivity index is 2.65.